The maximum absolute atomic E-state index is 11.0. The molecule has 0 amide bonds. The van der Waals surface area contributed by atoms with E-state index in [-0.39, 0.29) is 5.92 Å². The first-order valence-electron chi connectivity index (χ1n) is 5.97. The summed E-state index contributed by atoms with van der Waals surface area (Å²) in [5, 5.41) is 9.03. The molecule has 86 valence electrons. The summed E-state index contributed by atoms with van der Waals surface area (Å²) in [7, 11) is 0. The lowest BCUT2D eigenvalue weighted by molar-refractivity contribution is -0.145. The molecule has 2 aliphatic rings. The Labute approximate surface area is 91.5 Å². The summed E-state index contributed by atoms with van der Waals surface area (Å²) < 4.78 is 0. The van der Waals surface area contributed by atoms with Crippen LogP contribution in [0.2, 0.25) is 0 Å². The fourth-order valence-corrected chi connectivity index (χ4v) is 3.02. The number of carboxylic acids is 1. The molecular weight excluding hydrogens is 190 g/mol. The third kappa shape index (κ3) is 2.03. The smallest absolute Gasteiger partial charge is 0.307 e. The van der Waals surface area contributed by atoms with Gasteiger partial charge >= 0.3 is 5.97 Å². The molecule has 0 aromatic rings. The molecule has 0 spiro atoms. The van der Waals surface area contributed by atoms with Gasteiger partial charge in [-0.3, -0.25) is 9.69 Å². The van der Waals surface area contributed by atoms with Crippen LogP contribution in [-0.2, 0) is 4.79 Å². The van der Waals surface area contributed by atoms with E-state index in [1.54, 1.807) is 0 Å². The largest absolute Gasteiger partial charge is 0.481 e. The summed E-state index contributed by atoms with van der Waals surface area (Å²) in [6.45, 7) is 6.46. The van der Waals surface area contributed by atoms with Gasteiger partial charge in [-0.15, -0.1) is 0 Å². The maximum Gasteiger partial charge on any atom is 0.307 e. The average molecular weight is 211 g/mol. The molecule has 1 aliphatic carbocycles. The van der Waals surface area contributed by atoms with Crippen LogP contribution in [0.25, 0.3) is 0 Å². The average Bonchev–Trinajstić information content (AvgIpc) is 2.17. The van der Waals surface area contributed by atoms with Crippen molar-refractivity contribution in [3.05, 3.63) is 0 Å². The van der Waals surface area contributed by atoms with Crippen molar-refractivity contribution in [3.8, 4) is 0 Å². The Morgan fingerprint density at radius 3 is 2.60 bits per heavy atom. The number of nitrogens with zero attached hydrogens (tertiary/aromatic N) is 1. The van der Waals surface area contributed by atoms with Gasteiger partial charge in [-0.05, 0) is 37.6 Å². The molecular formula is C12H21NO2. The van der Waals surface area contributed by atoms with Crippen molar-refractivity contribution in [3.63, 3.8) is 0 Å². The van der Waals surface area contributed by atoms with Crippen LogP contribution in [0, 0.1) is 11.3 Å². The van der Waals surface area contributed by atoms with Crippen molar-refractivity contribution in [1.82, 2.24) is 4.90 Å². The van der Waals surface area contributed by atoms with Gasteiger partial charge in [0.05, 0.1) is 5.92 Å². The fourth-order valence-electron chi connectivity index (χ4n) is 3.02. The first-order chi connectivity index (χ1) is 7.00. The number of carbonyl (C=O) groups is 1. The van der Waals surface area contributed by atoms with Crippen molar-refractivity contribution < 1.29 is 9.90 Å². The van der Waals surface area contributed by atoms with E-state index >= 15 is 0 Å². The Morgan fingerprint density at radius 2 is 2.13 bits per heavy atom. The van der Waals surface area contributed by atoms with Gasteiger partial charge in [0.15, 0.2) is 0 Å². The zero-order chi connectivity index (χ0) is 11.1. The van der Waals surface area contributed by atoms with Crippen LogP contribution in [0.15, 0.2) is 0 Å². The van der Waals surface area contributed by atoms with E-state index in [2.05, 4.69) is 18.7 Å². The van der Waals surface area contributed by atoms with Crippen LogP contribution in [-0.4, -0.2) is 35.1 Å². The van der Waals surface area contributed by atoms with Crippen LogP contribution >= 0.6 is 0 Å². The molecule has 15 heavy (non-hydrogen) atoms. The zero-order valence-electron chi connectivity index (χ0n) is 9.70. The Kier molecular flexibility index (Phi) is 2.75. The standard InChI is InChI=1S/C12H21NO2/c1-12(2)6-5-10(12)13-7-3-4-9(8-13)11(14)15/h9-10H,3-8H2,1-2H3,(H,14,15). The molecule has 2 fully saturated rings. The fraction of sp³-hybridized carbons (Fsp3) is 0.917. The lowest BCUT2D eigenvalue weighted by atomic mass is 9.66. The van der Waals surface area contributed by atoms with Gasteiger partial charge in [0.1, 0.15) is 0 Å². The number of hydrogen-bond donors (Lipinski definition) is 1. The number of piperidine rings is 1. The molecule has 1 saturated heterocycles. The van der Waals surface area contributed by atoms with E-state index in [1.165, 1.54) is 12.8 Å². The number of rotatable bonds is 2. The monoisotopic (exact) mass is 211 g/mol. The van der Waals surface area contributed by atoms with Gasteiger partial charge in [0.2, 0.25) is 0 Å². The minimum atomic E-state index is -0.614. The molecule has 2 atom stereocenters. The molecule has 2 rings (SSSR count). The minimum absolute atomic E-state index is 0.129. The highest BCUT2D eigenvalue weighted by atomic mass is 16.4. The van der Waals surface area contributed by atoms with Crippen LogP contribution in [0.1, 0.15) is 39.5 Å². The molecule has 3 nitrogen and oxygen atoms in total. The summed E-state index contributed by atoms with van der Waals surface area (Å²) in [6.07, 6.45) is 4.44. The molecule has 1 N–H and O–H groups in total. The Morgan fingerprint density at radius 1 is 1.40 bits per heavy atom. The van der Waals surface area contributed by atoms with Crippen molar-refractivity contribution in [2.45, 2.75) is 45.6 Å². The van der Waals surface area contributed by atoms with Gasteiger partial charge in [-0.25, -0.2) is 0 Å². The predicted octanol–water partition coefficient (Wildman–Crippen LogP) is 1.97. The van der Waals surface area contributed by atoms with E-state index < -0.39 is 5.97 Å². The van der Waals surface area contributed by atoms with Gasteiger partial charge in [0.25, 0.3) is 0 Å². The summed E-state index contributed by atoms with van der Waals surface area (Å²) in [6, 6.07) is 0.625. The van der Waals surface area contributed by atoms with Gasteiger partial charge in [0, 0.05) is 12.6 Å². The molecule has 3 heteroatoms. The van der Waals surface area contributed by atoms with Crippen molar-refractivity contribution in [2.24, 2.45) is 11.3 Å². The summed E-state index contributed by atoms with van der Waals surface area (Å²) in [4.78, 5) is 13.4. The van der Waals surface area contributed by atoms with Crippen molar-refractivity contribution in [1.29, 1.82) is 0 Å². The normalized spacial score (nSPS) is 35.9. The molecule has 1 heterocycles. The lowest BCUT2D eigenvalue weighted by Crippen LogP contribution is -2.55. The zero-order valence-corrected chi connectivity index (χ0v) is 9.70. The van der Waals surface area contributed by atoms with Crippen LogP contribution in [0.3, 0.4) is 0 Å². The highest BCUT2D eigenvalue weighted by Gasteiger charge is 2.43. The highest BCUT2D eigenvalue weighted by Crippen LogP contribution is 2.44. The Hall–Kier alpha value is -0.570. The minimum Gasteiger partial charge on any atom is -0.481 e. The van der Waals surface area contributed by atoms with Crippen LogP contribution in [0.4, 0.5) is 0 Å². The van der Waals surface area contributed by atoms with E-state index in [4.69, 9.17) is 5.11 Å². The third-order valence-electron chi connectivity index (χ3n) is 4.21. The first kappa shape index (κ1) is 10.9. The van der Waals surface area contributed by atoms with Gasteiger partial charge in [-0.1, -0.05) is 13.8 Å². The lowest BCUT2D eigenvalue weighted by Gasteiger charge is -2.52. The van der Waals surface area contributed by atoms with Crippen LogP contribution < -0.4 is 0 Å². The second kappa shape index (κ2) is 3.78. The second-order valence-corrected chi connectivity index (χ2v) is 5.72. The summed E-state index contributed by atoms with van der Waals surface area (Å²) in [5.74, 6) is -0.744. The van der Waals surface area contributed by atoms with E-state index in [0.717, 1.165) is 25.9 Å². The summed E-state index contributed by atoms with van der Waals surface area (Å²) >= 11 is 0. The number of likely N-dealkylation sites (tertiary alicyclic amines) is 1. The molecule has 0 radical (unpaired) electrons. The topological polar surface area (TPSA) is 40.5 Å². The summed E-state index contributed by atoms with van der Waals surface area (Å²) in [5.41, 5.74) is 0.403. The SMILES string of the molecule is CC1(C)CCC1N1CCCC(C(=O)O)C1. The molecule has 2 unspecified atom stereocenters. The molecule has 0 aromatic carbocycles. The molecule has 0 aromatic heterocycles. The second-order valence-electron chi connectivity index (χ2n) is 5.72. The molecule has 1 saturated carbocycles. The Balaban J connectivity index is 1.96. The van der Waals surface area contributed by atoms with Gasteiger partial charge in [-0.2, -0.15) is 0 Å². The first-order valence-corrected chi connectivity index (χ1v) is 5.97. The molecule has 1 aliphatic heterocycles. The van der Waals surface area contributed by atoms with E-state index in [0.29, 0.717) is 11.5 Å². The quantitative estimate of drug-likeness (QED) is 0.759. The Bertz CT molecular complexity index is 262. The number of carboxylic acid groups (broad SMARTS) is 1. The number of hydrogen-bond acceptors (Lipinski definition) is 2. The van der Waals surface area contributed by atoms with Gasteiger partial charge < -0.3 is 5.11 Å². The van der Waals surface area contributed by atoms with Crippen LogP contribution in [0.5, 0.6) is 0 Å². The van der Waals surface area contributed by atoms with Crippen molar-refractivity contribution in [2.75, 3.05) is 13.1 Å². The highest BCUT2D eigenvalue weighted by molar-refractivity contribution is 5.70. The number of aliphatic carboxylic acids is 1. The predicted molar refractivity (Wildman–Crippen MR) is 58.7 cm³/mol. The van der Waals surface area contributed by atoms with Crippen molar-refractivity contribution >= 4 is 5.97 Å². The third-order valence-corrected chi connectivity index (χ3v) is 4.21. The molecule has 0 bridgehead atoms. The maximum atomic E-state index is 11.0. The van der Waals surface area contributed by atoms with E-state index in [9.17, 15) is 4.79 Å². The van der Waals surface area contributed by atoms with E-state index in [1.807, 2.05) is 0 Å².